The number of fused-ring (bicyclic) bond motifs is 1. The van der Waals surface area contributed by atoms with E-state index in [0.717, 1.165) is 36.9 Å². The van der Waals surface area contributed by atoms with Gasteiger partial charge in [0.25, 0.3) is 5.91 Å². The molecule has 0 spiro atoms. The van der Waals surface area contributed by atoms with Gasteiger partial charge in [0.05, 0.1) is 0 Å². The number of nitrogens with zero attached hydrogens (tertiary/aromatic N) is 2. The summed E-state index contributed by atoms with van der Waals surface area (Å²) in [6.45, 7) is 2.70. The quantitative estimate of drug-likeness (QED) is 0.336. The lowest BCUT2D eigenvalue weighted by Crippen LogP contribution is -2.25. The lowest BCUT2D eigenvalue weighted by Gasteiger charge is -2.20. The van der Waals surface area contributed by atoms with Gasteiger partial charge in [0.1, 0.15) is 11.6 Å². The van der Waals surface area contributed by atoms with Crippen LogP contribution < -0.4 is 10.2 Å². The second-order valence-corrected chi connectivity index (χ2v) is 7.93. The van der Waals surface area contributed by atoms with E-state index in [0.29, 0.717) is 6.54 Å². The standard InChI is InChI=1S/C27H27N3O/c28-20-23(27(31)29-16-8-11-21-9-2-1-3-10-21)19-22-14-15-26(30-17-6-7-18-30)25-13-5-4-12-24(22)25/h1-5,9-10,12-15,19H,6-8,11,16-18H2,(H,29,31)/b23-19-. The van der Waals surface area contributed by atoms with Crippen molar-refractivity contribution in [1.29, 1.82) is 5.26 Å². The molecule has 1 heterocycles. The fourth-order valence-corrected chi connectivity index (χ4v) is 4.20. The lowest BCUT2D eigenvalue weighted by molar-refractivity contribution is -0.117. The van der Waals surface area contributed by atoms with E-state index >= 15 is 0 Å². The van der Waals surface area contributed by atoms with E-state index in [1.54, 1.807) is 6.08 Å². The van der Waals surface area contributed by atoms with Gasteiger partial charge < -0.3 is 10.2 Å². The van der Waals surface area contributed by atoms with Crippen molar-refractivity contribution in [3.05, 3.63) is 83.4 Å². The highest BCUT2D eigenvalue weighted by Crippen LogP contribution is 2.32. The maximum absolute atomic E-state index is 12.6. The van der Waals surface area contributed by atoms with Crippen molar-refractivity contribution in [3.8, 4) is 6.07 Å². The van der Waals surface area contributed by atoms with E-state index in [1.165, 1.54) is 29.5 Å². The van der Waals surface area contributed by atoms with Gasteiger partial charge in [-0.15, -0.1) is 0 Å². The van der Waals surface area contributed by atoms with E-state index < -0.39 is 0 Å². The molecule has 1 amide bonds. The molecule has 4 rings (SSSR count). The predicted octanol–water partition coefficient (Wildman–Crippen LogP) is 5.10. The topological polar surface area (TPSA) is 56.1 Å². The molecule has 0 aliphatic carbocycles. The van der Waals surface area contributed by atoms with Crippen LogP contribution in [-0.4, -0.2) is 25.5 Å². The van der Waals surface area contributed by atoms with Crippen LogP contribution in [0.3, 0.4) is 0 Å². The second-order valence-electron chi connectivity index (χ2n) is 7.93. The molecule has 0 aromatic heterocycles. The second kappa shape index (κ2) is 9.95. The molecule has 0 atom stereocenters. The number of carbonyl (C=O) groups is 1. The van der Waals surface area contributed by atoms with Crippen molar-refractivity contribution in [1.82, 2.24) is 5.32 Å². The third kappa shape index (κ3) is 4.95. The Kier molecular flexibility index (Phi) is 6.64. The van der Waals surface area contributed by atoms with Gasteiger partial charge in [-0.3, -0.25) is 4.79 Å². The zero-order valence-electron chi connectivity index (χ0n) is 17.7. The van der Waals surface area contributed by atoms with Gasteiger partial charge in [-0.05, 0) is 54.3 Å². The number of rotatable bonds is 7. The Labute approximate surface area is 183 Å². The summed E-state index contributed by atoms with van der Waals surface area (Å²) in [5, 5.41) is 14.7. The zero-order valence-corrected chi connectivity index (χ0v) is 17.7. The molecule has 31 heavy (non-hydrogen) atoms. The molecule has 3 aromatic carbocycles. The van der Waals surface area contributed by atoms with E-state index in [9.17, 15) is 10.1 Å². The smallest absolute Gasteiger partial charge is 0.261 e. The number of benzene rings is 3. The summed E-state index contributed by atoms with van der Waals surface area (Å²) in [5.74, 6) is -0.316. The third-order valence-corrected chi connectivity index (χ3v) is 5.82. The summed E-state index contributed by atoms with van der Waals surface area (Å²) in [5.41, 5.74) is 3.51. The van der Waals surface area contributed by atoms with Gasteiger partial charge in [-0.1, -0.05) is 60.7 Å². The van der Waals surface area contributed by atoms with Crippen molar-refractivity contribution < 1.29 is 4.79 Å². The van der Waals surface area contributed by atoms with E-state index in [1.807, 2.05) is 36.4 Å². The molecule has 1 N–H and O–H groups in total. The number of nitriles is 1. The van der Waals surface area contributed by atoms with Crippen LogP contribution in [-0.2, 0) is 11.2 Å². The summed E-state index contributed by atoms with van der Waals surface area (Å²) in [6, 6.07) is 24.6. The van der Waals surface area contributed by atoms with Gasteiger partial charge in [-0.2, -0.15) is 5.26 Å². The molecule has 4 heteroatoms. The minimum Gasteiger partial charge on any atom is -0.371 e. The highest BCUT2D eigenvalue weighted by molar-refractivity contribution is 6.06. The molecule has 3 aromatic rings. The first-order valence-corrected chi connectivity index (χ1v) is 11.0. The summed E-state index contributed by atoms with van der Waals surface area (Å²) in [4.78, 5) is 15.0. The normalized spacial score (nSPS) is 13.9. The fraction of sp³-hybridized carbons (Fsp3) is 0.259. The Morgan fingerprint density at radius 1 is 0.968 bits per heavy atom. The largest absolute Gasteiger partial charge is 0.371 e. The maximum atomic E-state index is 12.6. The van der Waals surface area contributed by atoms with Gasteiger partial charge in [0.15, 0.2) is 0 Å². The first-order valence-electron chi connectivity index (χ1n) is 11.0. The molecule has 1 aliphatic heterocycles. The van der Waals surface area contributed by atoms with Crippen LogP contribution >= 0.6 is 0 Å². The van der Waals surface area contributed by atoms with Gasteiger partial charge in [0, 0.05) is 30.7 Å². The van der Waals surface area contributed by atoms with E-state index in [4.69, 9.17) is 0 Å². The van der Waals surface area contributed by atoms with Crippen LogP contribution in [0.25, 0.3) is 16.8 Å². The molecule has 1 fully saturated rings. The lowest BCUT2D eigenvalue weighted by atomic mass is 10.00. The zero-order chi connectivity index (χ0) is 21.5. The Bertz CT molecular complexity index is 1120. The van der Waals surface area contributed by atoms with Crippen LogP contribution in [0.15, 0.2) is 72.3 Å². The number of aryl methyl sites for hydroxylation is 1. The van der Waals surface area contributed by atoms with E-state index in [-0.39, 0.29) is 11.5 Å². The average Bonchev–Trinajstić information content (AvgIpc) is 3.35. The van der Waals surface area contributed by atoms with Crippen LogP contribution in [0.4, 0.5) is 5.69 Å². The fourth-order valence-electron chi connectivity index (χ4n) is 4.20. The van der Waals surface area contributed by atoms with Crippen LogP contribution in [0, 0.1) is 11.3 Å². The average molecular weight is 410 g/mol. The highest BCUT2D eigenvalue weighted by atomic mass is 16.1. The Balaban J connectivity index is 1.48. The number of amides is 1. The van der Waals surface area contributed by atoms with Crippen molar-refractivity contribution >= 4 is 28.4 Å². The molecule has 1 saturated heterocycles. The Hall–Kier alpha value is -3.58. The SMILES string of the molecule is N#C/C(=C/c1ccc(N2CCCC2)c2ccccc12)C(=O)NCCCc1ccccc1. The summed E-state index contributed by atoms with van der Waals surface area (Å²) < 4.78 is 0. The van der Waals surface area contributed by atoms with Crippen molar-refractivity contribution in [2.45, 2.75) is 25.7 Å². The number of hydrogen-bond acceptors (Lipinski definition) is 3. The van der Waals surface area contributed by atoms with Crippen molar-refractivity contribution in [2.75, 3.05) is 24.5 Å². The van der Waals surface area contributed by atoms with Crippen LogP contribution in [0.1, 0.15) is 30.4 Å². The summed E-state index contributed by atoms with van der Waals surface area (Å²) in [6.07, 6.45) is 5.89. The molecular weight excluding hydrogens is 382 g/mol. The molecule has 4 nitrogen and oxygen atoms in total. The first-order chi connectivity index (χ1) is 15.3. The molecule has 0 saturated carbocycles. The number of carbonyl (C=O) groups excluding carboxylic acids is 1. The van der Waals surface area contributed by atoms with Gasteiger partial charge in [0.2, 0.25) is 0 Å². The maximum Gasteiger partial charge on any atom is 0.261 e. The summed E-state index contributed by atoms with van der Waals surface area (Å²) >= 11 is 0. The predicted molar refractivity (Wildman–Crippen MR) is 127 cm³/mol. The highest BCUT2D eigenvalue weighted by Gasteiger charge is 2.16. The van der Waals surface area contributed by atoms with E-state index in [2.05, 4.69) is 46.6 Å². The van der Waals surface area contributed by atoms with Gasteiger partial charge in [-0.25, -0.2) is 0 Å². The molecule has 0 unspecified atom stereocenters. The Morgan fingerprint density at radius 3 is 2.42 bits per heavy atom. The molecule has 0 bridgehead atoms. The molecule has 1 aliphatic rings. The summed E-state index contributed by atoms with van der Waals surface area (Å²) in [7, 11) is 0. The van der Waals surface area contributed by atoms with Crippen LogP contribution in [0.5, 0.6) is 0 Å². The number of nitrogens with one attached hydrogen (secondary N) is 1. The number of hydrogen-bond donors (Lipinski definition) is 1. The molecule has 156 valence electrons. The third-order valence-electron chi connectivity index (χ3n) is 5.82. The number of anilines is 1. The first kappa shape index (κ1) is 20.7. The monoisotopic (exact) mass is 409 g/mol. The van der Waals surface area contributed by atoms with Crippen LogP contribution in [0.2, 0.25) is 0 Å². The van der Waals surface area contributed by atoms with Crippen molar-refractivity contribution in [3.63, 3.8) is 0 Å². The molecule has 0 radical (unpaired) electrons. The Morgan fingerprint density at radius 2 is 1.68 bits per heavy atom. The molecular formula is C27H27N3O. The minimum absolute atomic E-state index is 0.138. The van der Waals surface area contributed by atoms with Crippen molar-refractivity contribution in [2.24, 2.45) is 0 Å². The minimum atomic E-state index is -0.316. The van der Waals surface area contributed by atoms with Gasteiger partial charge >= 0.3 is 0 Å².